The summed E-state index contributed by atoms with van der Waals surface area (Å²) in [5.41, 5.74) is 3.41. The Morgan fingerprint density at radius 1 is 1.26 bits per heavy atom. The summed E-state index contributed by atoms with van der Waals surface area (Å²) in [6, 6.07) is 7.64. The minimum Gasteiger partial charge on any atom is -0.307 e. The van der Waals surface area contributed by atoms with Crippen molar-refractivity contribution in [2.75, 3.05) is 11.4 Å². The summed E-state index contributed by atoms with van der Waals surface area (Å²) in [6.07, 6.45) is 3.44. The third-order valence-corrected chi connectivity index (χ3v) is 3.03. The van der Waals surface area contributed by atoms with Gasteiger partial charge in [0.15, 0.2) is 0 Å². The van der Waals surface area contributed by atoms with Gasteiger partial charge in [0.1, 0.15) is 0 Å². The maximum atomic E-state index is 11.9. The van der Waals surface area contributed by atoms with Crippen molar-refractivity contribution < 1.29 is 4.79 Å². The molecule has 0 aromatic heterocycles. The fraction of sp³-hybridized carbons (Fsp3) is 0.118. The lowest BCUT2D eigenvalue weighted by Gasteiger charge is -2.24. The van der Waals surface area contributed by atoms with Crippen molar-refractivity contribution in [3.8, 4) is 11.8 Å². The summed E-state index contributed by atoms with van der Waals surface area (Å²) in [5, 5.41) is 0. The smallest absolute Gasteiger partial charge is 0.224 e. The van der Waals surface area contributed by atoms with Gasteiger partial charge in [0, 0.05) is 18.1 Å². The van der Waals surface area contributed by atoms with Crippen LogP contribution in [0.1, 0.15) is 12.5 Å². The normalized spacial score (nSPS) is 17.4. The second kappa shape index (κ2) is 5.41. The molecule has 0 radical (unpaired) electrons. The molecular weight excluding hydrogens is 234 g/mol. The van der Waals surface area contributed by atoms with E-state index in [1.807, 2.05) is 24.3 Å². The first-order valence-electron chi connectivity index (χ1n) is 6.04. The topological polar surface area (TPSA) is 20.3 Å². The van der Waals surface area contributed by atoms with E-state index >= 15 is 0 Å². The molecule has 0 fully saturated rings. The molecule has 0 saturated carbocycles. The zero-order chi connectivity index (χ0) is 13.8. The van der Waals surface area contributed by atoms with E-state index in [1.54, 1.807) is 24.0 Å². The van der Waals surface area contributed by atoms with Crippen LogP contribution in [-0.4, -0.2) is 12.5 Å². The molecule has 94 valence electrons. The first-order valence-corrected chi connectivity index (χ1v) is 6.04. The number of anilines is 1. The molecule has 2 rings (SSSR count). The molecule has 1 aromatic rings. The average Bonchev–Trinajstić information content (AvgIpc) is 2.40. The van der Waals surface area contributed by atoms with E-state index in [4.69, 9.17) is 0 Å². The lowest BCUT2D eigenvalue weighted by molar-refractivity contribution is -0.116. The van der Waals surface area contributed by atoms with Gasteiger partial charge in [0.05, 0.1) is 12.2 Å². The van der Waals surface area contributed by atoms with Crippen molar-refractivity contribution in [1.29, 1.82) is 0 Å². The van der Waals surface area contributed by atoms with Crippen LogP contribution in [0.5, 0.6) is 0 Å². The van der Waals surface area contributed by atoms with Gasteiger partial charge in [-0.2, -0.15) is 0 Å². The van der Waals surface area contributed by atoms with E-state index in [0.29, 0.717) is 6.54 Å². The van der Waals surface area contributed by atoms with Gasteiger partial charge >= 0.3 is 0 Å². The van der Waals surface area contributed by atoms with Crippen LogP contribution in [0, 0.1) is 11.8 Å². The van der Waals surface area contributed by atoms with Crippen LogP contribution >= 0.6 is 0 Å². The number of hydrogen-bond donors (Lipinski definition) is 0. The number of amides is 1. The maximum absolute atomic E-state index is 11.9. The van der Waals surface area contributed by atoms with E-state index in [2.05, 4.69) is 25.0 Å². The molecule has 1 aromatic carbocycles. The first-order chi connectivity index (χ1) is 9.17. The highest BCUT2D eigenvalue weighted by Gasteiger charge is 2.17. The van der Waals surface area contributed by atoms with E-state index in [-0.39, 0.29) is 5.91 Å². The summed E-state index contributed by atoms with van der Waals surface area (Å²) >= 11 is 0. The molecular formula is C17H15NO. The lowest BCUT2D eigenvalue weighted by atomic mass is 10.0. The summed E-state index contributed by atoms with van der Waals surface area (Å²) in [4.78, 5) is 13.6. The highest BCUT2D eigenvalue weighted by Crippen LogP contribution is 2.24. The molecule has 19 heavy (non-hydrogen) atoms. The van der Waals surface area contributed by atoms with E-state index < -0.39 is 0 Å². The maximum Gasteiger partial charge on any atom is 0.224 e. The average molecular weight is 249 g/mol. The largest absolute Gasteiger partial charge is 0.307 e. The van der Waals surface area contributed by atoms with Gasteiger partial charge in [0.25, 0.3) is 0 Å². The van der Waals surface area contributed by atoms with E-state index in [0.717, 1.165) is 22.4 Å². The molecule has 0 saturated heterocycles. The Kier molecular flexibility index (Phi) is 3.68. The third-order valence-electron chi connectivity index (χ3n) is 3.03. The summed E-state index contributed by atoms with van der Waals surface area (Å²) in [6.45, 7) is 9.58. The summed E-state index contributed by atoms with van der Waals surface area (Å²) < 4.78 is 0. The van der Waals surface area contributed by atoms with Crippen LogP contribution in [0.4, 0.5) is 5.69 Å². The second-order valence-corrected chi connectivity index (χ2v) is 4.22. The van der Waals surface area contributed by atoms with Crippen LogP contribution in [-0.2, 0) is 4.79 Å². The Bertz CT molecular complexity index is 641. The van der Waals surface area contributed by atoms with Crippen LogP contribution < -0.4 is 4.90 Å². The molecule has 0 atom stereocenters. The molecule has 1 amide bonds. The molecule has 0 unspecified atom stereocenters. The van der Waals surface area contributed by atoms with Crippen molar-refractivity contribution in [2.45, 2.75) is 6.92 Å². The zero-order valence-corrected chi connectivity index (χ0v) is 10.9. The number of allylic oxidation sites excluding steroid dienone is 2. The number of nitrogens with zero attached hydrogens (tertiary/aromatic N) is 1. The number of carbonyl (C=O) groups is 1. The molecule has 1 aliphatic heterocycles. The van der Waals surface area contributed by atoms with Crippen molar-refractivity contribution in [2.24, 2.45) is 0 Å². The number of benzene rings is 1. The number of rotatable bonds is 2. The van der Waals surface area contributed by atoms with Crippen molar-refractivity contribution in [1.82, 2.24) is 0 Å². The van der Waals surface area contributed by atoms with Gasteiger partial charge in [-0.05, 0) is 17.7 Å². The van der Waals surface area contributed by atoms with Crippen LogP contribution in [0.2, 0.25) is 0 Å². The number of fused-ring (bicyclic) bond motifs is 1. The standard InChI is InChI=1S/C17H15NO/c1-4-14-10-11-16-8-6-7-9-17(16)18(13(3)19)12-15(14)5-2/h4-9H,1-2,12H2,3H3/b15-14-. The zero-order valence-electron chi connectivity index (χ0n) is 10.9. The van der Waals surface area contributed by atoms with E-state index in [9.17, 15) is 4.79 Å². The SMILES string of the molecule is C=C/C1=C(\C=C)CN(C(C)=O)c2ccccc2C#C1. The Balaban J connectivity index is 2.67. The first kappa shape index (κ1) is 12.9. The summed E-state index contributed by atoms with van der Waals surface area (Å²) in [5.74, 6) is 6.17. The van der Waals surface area contributed by atoms with Gasteiger partial charge in [-0.15, -0.1) is 0 Å². The summed E-state index contributed by atoms with van der Waals surface area (Å²) in [7, 11) is 0. The lowest BCUT2D eigenvalue weighted by Crippen LogP contribution is -2.31. The molecule has 1 aliphatic rings. The number of carbonyl (C=O) groups excluding carboxylic acids is 1. The minimum atomic E-state index is -0.0149. The number of hydrogen-bond acceptors (Lipinski definition) is 1. The fourth-order valence-electron chi connectivity index (χ4n) is 2.01. The molecule has 0 spiro atoms. The Hall–Kier alpha value is -2.53. The number of para-hydroxylation sites is 1. The highest BCUT2D eigenvalue weighted by atomic mass is 16.2. The van der Waals surface area contributed by atoms with Gasteiger partial charge in [-0.1, -0.05) is 49.3 Å². The molecule has 2 heteroatoms. The van der Waals surface area contributed by atoms with Gasteiger partial charge in [-0.3, -0.25) is 4.79 Å². The van der Waals surface area contributed by atoms with Crippen LogP contribution in [0.25, 0.3) is 0 Å². The minimum absolute atomic E-state index is 0.0149. The quantitative estimate of drug-likeness (QED) is 0.738. The van der Waals surface area contributed by atoms with Crippen molar-refractivity contribution in [3.05, 3.63) is 66.3 Å². The molecule has 1 heterocycles. The van der Waals surface area contributed by atoms with Crippen LogP contribution in [0.15, 0.2) is 60.7 Å². The second-order valence-electron chi connectivity index (χ2n) is 4.22. The van der Waals surface area contributed by atoms with Gasteiger partial charge in [-0.25, -0.2) is 0 Å². The fourth-order valence-corrected chi connectivity index (χ4v) is 2.01. The predicted octanol–water partition coefficient (Wildman–Crippen LogP) is 3.07. The van der Waals surface area contributed by atoms with E-state index in [1.165, 1.54) is 0 Å². The molecule has 0 aliphatic carbocycles. The Morgan fingerprint density at radius 2 is 2.00 bits per heavy atom. The van der Waals surface area contributed by atoms with Crippen molar-refractivity contribution >= 4 is 11.6 Å². The Morgan fingerprint density at radius 3 is 2.63 bits per heavy atom. The highest BCUT2D eigenvalue weighted by molar-refractivity contribution is 5.94. The monoisotopic (exact) mass is 249 g/mol. The third kappa shape index (κ3) is 2.51. The predicted molar refractivity (Wildman–Crippen MR) is 78.8 cm³/mol. The van der Waals surface area contributed by atoms with Gasteiger partial charge in [0.2, 0.25) is 5.91 Å². The van der Waals surface area contributed by atoms with Crippen molar-refractivity contribution in [3.63, 3.8) is 0 Å². The molecule has 0 bridgehead atoms. The molecule has 2 nitrogen and oxygen atoms in total. The van der Waals surface area contributed by atoms with Crippen LogP contribution in [0.3, 0.4) is 0 Å². The molecule has 0 N–H and O–H groups in total. The Labute approximate surface area is 113 Å². The van der Waals surface area contributed by atoms with Gasteiger partial charge < -0.3 is 4.90 Å².